The lowest BCUT2D eigenvalue weighted by atomic mass is 9.78. The molecule has 6 heteroatoms. The van der Waals surface area contributed by atoms with Gasteiger partial charge in [0.2, 0.25) is 0 Å². The number of rotatable bonds is 7. The van der Waals surface area contributed by atoms with Crippen molar-refractivity contribution >= 4 is 11.3 Å². The van der Waals surface area contributed by atoms with Crippen LogP contribution in [0.1, 0.15) is 84.2 Å². The normalized spacial score (nSPS) is 15.8. The molecule has 6 nitrogen and oxygen atoms in total. The average molecular weight is 436 g/mol. The molecule has 0 aromatic carbocycles. The van der Waals surface area contributed by atoms with Crippen molar-refractivity contribution in [2.24, 2.45) is 5.92 Å². The quantitative estimate of drug-likeness (QED) is 0.521. The molecule has 1 atom stereocenters. The molecule has 1 aliphatic rings. The van der Waals surface area contributed by atoms with Crippen LogP contribution in [0.15, 0.2) is 29.5 Å². The van der Waals surface area contributed by atoms with Gasteiger partial charge >= 0.3 is 0 Å². The first-order chi connectivity index (χ1) is 15.4. The molecule has 0 radical (unpaired) electrons. The summed E-state index contributed by atoms with van der Waals surface area (Å²) in [5, 5.41) is 0. The van der Waals surface area contributed by atoms with Crippen LogP contribution in [-0.2, 0) is 6.42 Å². The minimum Gasteiger partial charge on any atom is -0.496 e. The van der Waals surface area contributed by atoms with Gasteiger partial charge in [0.05, 0.1) is 24.4 Å². The second kappa shape index (κ2) is 9.31. The van der Waals surface area contributed by atoms with Gasteiger partial charge in [-0.15, -0.1) is 0 Å². The van der Waals surface area contributed by atoms with E-state index in [1.165, 1.54) is 37.8 Å². The van der Waals surface area contributed by atoms with Crippen LogP contribution in [0.3, 0.4) is 0 Å². The zero-order valence-corrected chi connectivity index (χ0v) is 19.5. The zero-order chi connectivity index (χ0) is 22.8. The first kappa shape index (κ1) is 22.3. The number of pyridine rings is 1. The SMILES string of the molecule is COc1cc(C)[nH]c(=O)c1CCC(=O)c1c(C)c(C(C)C2CCCCC2)n2ccncc12. The van der Waals surface area contributed by atoms with E-state index in [1.807, 2.05) is 13.1 Å². The first-order valence-corrected chi connectivity index (χ1v) is 11.7. The molecule has 3 aromatic heterocycles. The van der Waals surface area contributed by atoms with Crippen molar-refractivity contribution in [3.63, 3.8) is 0 Å². The Morgan fingerprint density at radius 1 is 1.28 bits per heavy atom. The van der Waals surface area contributed by atoms with Crippen LogP contribution in [0, 0.1) is 19.8 Å². The number of ether oxygens (including phenoxy) is 1. The third kappa shape index (κ3) is 4.10. The largest absolute Gasteiger partial charge is 0.496 e. The molecular formula is C26H33N3O3. The summed E-state index contributed by atoms with van der Waals surface area (Å²) in [7, 11) is 1.55. The van der Waals surface area contributed by atoms with Gasteiger partial charge in [-0.2, -0.15) is 0 Å². The van der Waals surface area contributed by atoms with Crippen LogP contribution in [-0.4, -0.2) is 27.3 Å². The summed E-state index contributed by atoms with van der Waals surface area (Å²) in [6.07, 6.45) is 12.5. The number of hydrogen-bond acceptors (Lipinski definition) is 4. The van der Waals surface area contributed by atoms with E-state index in [9.17, 15) is 9.59 Å². The highest BCUT2D eigenvalue weighted by Crippen LogP contribution is 2.39. The number of carbonyl (C=O) groups is 1. The van der Waals surface area contributed by atoms with E-state index in [1.54, 1.807) is 25.6 Å². The van der Waals surface area contributed by atoms with Crippen molar-refractivity contribution in [3.8, 4) is 5.75 Å². The van der Waals surface area contributed by atoms with Gasteiger partial charge in [0.15, 0.2) is 5.78 Å². The molecule has 1 fully saturated rings. The number of nitrogens with zero attached hydrogens (tertiary/aromatic N) is 2. The van der Waals surface area contributed by atoms with E-state index < -0.39 is 0 Å². The Balaban J connectivity index is 1.67. The van der Waals surface area contributed by atoms with Gasteiger partial charge in [-0.25, -0.2) is 0 Å². The molecule has 0 saturated heterocycles. The minimum atomic E-state index is -0.193. The van der Waals surface area contributed by atoms with Gasteiger partial charge in [-0.3, -0.25) is 14.6 Å². The number of Topliss-reactive ketones (excluding diaryl/α,β-unsaturated/α-hetero) is 1. The number of ketones is 1. The molecule has 170 valence electrons. The Bertz CT molecular complexity index is 1180. The summed E-state index contributed by atoms with van der Waals surface area (Å²) in [5.41, 5.74) is 4.93. The van der Waals surface area contributed by atoms with Crippen molar-refractivity contribution in [1.29, 1.82) is 0 Å². The molecule has 0 bridgehead atoms. The topological polar surface area (TPSA) is 76.5 Å². The number of methoxy groups -OCH3 is 1. The highest BCUT2D eigenvalue weighted by molar-refractivity contribution is 6.04. The van der Waals surface area contributed by atoms with Crippen molar-refractivity contribution < 1.29 is 9.53 Å². The molecule has 0 amide bonds. The summed E-state index contributed by atoms with van der Waals surface area (Å²) in [6.45, 7) is 6.18. The maximum Gasteiger partial charge on any atom is 0.255 e. The molecule has 32 heavy (non-hydrogen) atoms. The smallest absolute Gasteiger partial charge is 0.255 e. The average Bonchev–Trinajstić information content (AvgIpc) is 3.09. The molecule has 0 spiro atoms. The number of H-pyrrole nitrogens is 1. The molecule has 3 heterocycles. The maximum absolute atomic E-state index is 13.4. The van der Waals surface area contributed by atoms with Crippen LogP contribution < -0.4 is 10.3 Å². The van der Waals surface area contributed by atoms with E-state index in [0.29, 0.717) is 29.6 Å². The van der Waals surface area contributed by atoms with Crippen molar-refractivity contribution in [1.82, 2.24) is 14.4 Å². The predicted octanol–water partition coefficient (Wildman–Crippen LogP) is 5.15. The number of aromatic nitrogens is 3. The van der Waals surface area contributed by atoms with Gasteiger partial charge in [-0.1, -0.05) is 26.2 Å². The van der Waals surface area contributed by atoms with Crippen LogP contribution in [0.2, 0.25) is 0 Å². The predicted molar refractivity (Wildman–Crippen MR) is 126 cm³/mol. The Labute approximate surface area is 189 Å². The third-order valence-corrected chi connectivity index (χ3v) is 7.15. The lowest BCUT2D eigenvalue weighted by Crippen LogP contribution is -2.17. The van der Waals surface area contributed by atoms with Crippen LogP contribution in [0.5, 0.6) is 5.75 Å². The molecular weight excluding hydrogens is 402 g/mol. The van der Waals surface area contributed by atoms with Crippen molar-refractivity contribution in [2.75, 3.05) is 7.11 Å². The van der Waals surface area contributed by atoms with Crippen LogP contribution in [0.25, 0.3) is 5.52 Å². The molecule has 1 N–H and O–H groups in total. The van der Waals surface area contributed by atoms with Gasteiger partial charge in [0, 0.05) is 35.8 Å². The summed E-state index contributed by atoms with van der Waals surface area (Å²) in [4.78, 5) is 33.0. The first-order valence-electron chi connectivity index (χ1n) is 11.7. The van der Waals surface area contributed by atoms with Gasteiger partial charge in [0.25, 0.3) is 5.56 Å². The second-order valence-corrected chi connectivity index (χ2v) is 9.16. The standard InChI is InChI=1S/C26H33N3O3/c1-16-14-23(32-4)20(26(31)28-16)10-11-22(30)24-18(3)25(29-13-12-27-15-21(24)29)17(2)19-8-6-5-7-9-19/h12-15,17,19H,5-11H2,1-4H3,(H,28,31). The van der Waals surface area contributed by atoms with E-state index in [2.05, 4.69) is 28.2 Å². The fourth-order valence-electron chi connectivity index (χ4n) is 5.50. The molecule has 3 aromatic rings. The van der Waals surface area contributed by atoms with Gasteiger partial charge in [-0.05, 0) is 56.6 Å². The van der Waals surface area contributed by atoms with Gasteiger partial charge < -0.3 is 14.1 Å². The van der Waals surface area contributed by atoms with Crippen LogP contribution >= 0.6 is 0 Å². The highest BCUT2D eigenvalue weighted by atomic mass is 16.5. The number of nitrogens with one attached hydrogen (secondary N) is 1. The zero-order valence-electron chi connectivity index (χ0n) is 19.5. The maximum atomic E-state index is 13.4. The Kier molecular flexibility index (Phi) is 6.49. The molecule has 1 unspecified atom stereocenters. The van der Waals surface area contributed by atoms with Crippen LogP contribution in [0.4, 0.5) is 0 Å². The van der Waals surface area contributed by atoms with Crippen molar-refractivity contribution in [2.45, 2.75) is 71.6 Å². The third-order valence-electron chi connectivity index (χ3n) is 7.15. The number of aryl methyl sites for hydroxylation is 1. The lowest BCUT2D eigenvalue weighted by molar-refractivity contribution is 0.0983. The van der Waals surface area contributed by atoms with E-state index in [0.717, 1.165) is 22.3 Å². The second-order valence-electron chi connectivity index (χ2n) is 9.16. The molecule has 4 rings (SSSR count). The Hall–Kier alpha value is -2.89. The number of hydrogen-bond donors (Lipinski definition) is 1. The molecule has 1 saturated carbocycles. The molecule has 1 aliphatic carbocycles. The number of fused-ring (bicyclic) bond motifs is 1. The monoisotopic (exact) mass is 435 g/mol. The summed E-state index contributed by atoms with van der Waals surface area (Å²) < 4.78 is 7.56. The highest BCUT2D eigenvalue weighted by Gasteiger charge is 2.29. The molecule has 0 aliphatic heterocycles. The Morgan fingerprint density at radius 2 is 2.03 bits per heavy atom. The lowest BCUT2D eigenvalue weighted by Gasteiger charge is -2.28. The fraction of sp³-hybridized carbons (Fsp3) is 0.500. The summed E-state index contributed by atoms with van der Waals surface area (Å²) in [5.74, 6) is 1.60. The Morgan fingerprint density at radius 3 is 2.75 bits per heavy atom. The fourth-order valence-corrected chi connectivity index (χ4v) is 5.50. The number of aromatic amines is 1. The van der Waals surface area contributed by atoms with E-state index in [4.69, 9.17) is 4.74 Å². The van der Waals surface area contributed by atoms with Gasteiger partial charge in [0.1, 0.15) is 5.75 Å². The number of carbonyl (C=O) groups excluding carboxylic acids is 1. The summed E-state index contributed by atoms with van der Waals surface area (Å²) >= 11 is 0. The van der Waals surface area contributed by atoms with E-state index in [-0.39, 0.29) is 17.8 Å². The van der Waals surface area contributed by atoms with E-state index >= 15 is 0 Å². The van der Waals surface area contributed by atoms with Crippen molar-refractivity contribution in [3.05, 3.63) is 63.1 Å². The minimum absolute atomic E-state index is 0.0390. The summed E-state index contributed by atoms with van der Waals surface area (Å²) in [6, 6.07) is 1.80.